The van der Waals surface area contributed by atoms with Crippen LogP contribution in [0.4, 0.5) is 0 Å². The van der Waals surface area contributed by atoms with Crippen molar-refractivity contribution in [2.24, 2.45) is 0 Å². The number of imidazole rings is 1. The van der Waals surface area contributed by atoms with E-state index in [2.05, 4.69) is 33.8 Å². The van der Waals surface area contributed by atoms with Crippen LogP contribution in [0.1, 0.15) is 18.5 Å². The van der Waals surface area contributed by atoms with Crippen molar-refractivity contribution in [1.29, 1.82) is 0 Å². The molecule has 19 heavy (non-hydrogen) atoms. The molecule has 0 amide bonds. The highest BCUT2D eigenvalue weighted by molar-refractivity contribution is 5.82. The Morgan fingerprint density at radius 2 is 1.89 bits per heavy atom. The summed E-state index contributed by atoms with van der Waals surface area (Å²) in [6, 6.07) is 12.5. The summed E-state index contributed by atoms with van der Waals surface area (Å²) in [6.07, 6.45) is 5.36. The van der Waals surface area contributed by atoms with Gasteiger partial charge < -0.3 is 4.57 Å². The van der Waals surface area contributed by atoms with Crippen LogP contribution >= 0.6 is 0 Å². The van der Waals surface area contributed by atoms with E-state index in [0.717, 1.165) is 24.3 Å². The molecule has 3 nitrogen and oxygen atoms in total. The molecule has 3 aromatic rings. The van der Waals surface area contributed by atoms with Gasteiger partial charge in [0.15, 0.2) is 0 Å². The van der Waals surface area contributed by atoms with Gasteiger partial charge in [-0.15, -0.1) is 0 Å². The maximum atomic E-state index is 4.82. The fraction of sp³-hybridized carbons (Fsp3) is 0.250. The Morgan fingerprint density at radius 1 is 1.00 bits per heavy atom. The van der Waals surface area contributed by atoms with Gasteiger partial charge in [-0.25, -0.2) is 4.98 Å². The predicted octanol–water partition coefficient (Wildman–Crippen LogP) is 3.43. The minimum Gasteiger partial charge on any atom is -0.322 e. The maximum absolute atomic E-state index is 4.82. The van der Waals surface area contributed by atoms with Crippen LogP contribution in [0, 0.1) is 0 Å². The molecule has 0 spiro atoms. The summed E-state index contributed by atoms with van der Waals surface area (Å²) in [7, 11) is 0. The minimum atomic E-state index is 1.04. The largest absolute Gasteiger partial charge is 0.322 e. The van der Waals surface area contributed by atoms with Crippen molar-refractivity contribution in [1.82, 2.24) is 14.5 Å². The molecule has 3 heterocycles. The average molecular weight is 249 g/mol. The highest BCUT2D eigenvalue weighted by atomic mass is 15.1. The van der Waals surface area contributed by atoms with E-state index < -0.39 is 0 Å². The topological polar surface area (TPSA) is 30.7 Å². The summed E-state index contributed by atoms with van der Waals surface area (Å²) in [4.78, 5) is 9.36. The molecule has 3 heteroatoms. The number of rotatable bonds is 1. The number of aromatic nitrogens is 3. The number of benzene rings is 1. The highest BCUT2D eigenvalue weighted by Gasteiger charge is 2.18. The van der Waals surface area contributed by atoms with Gasteiger partial charge in [0, 0.05) is 18.3 Å². The molecule has 94 valence electrons. The van der Waals surface area contributed by atoms with E-state index in [0.29, 0.717) is 0 Å². The Balaban J connectivity index is 2.04. The molecule has 1 aliphatic heterocycles. The van der Waals surface area contributed by atoms with Crippen molar-refractivity contribution < 1.29 is 0 Å². The Bertz CT molecular complexity index is 728. The third-order valence-electron chi connectivity index (χ3n) is 3.81. The fourth-order valence-electron chi connectivity index (χ4n) is 2.92. The molecular weight excluding hydrogens is 234 g/mol. The summed E-state index contributed by atoms with van der Waals surface area (Å²) >= 11 is 0. The number of hydrogen-bond acceptors (Lipinski definition) is 2. The number of aryl methyl sites for hydroxylation is 2. The first kappa shape index (κ1) is 10.7. The van der Waals surface area contributed by atoms with Crippen LogP contribution in [0.3, 0.4) is 0 Å². The van der Waals surface area contributed by atoms with E-state index in [-0.39, 0.29) is 0 Å². The lowest BCUT2D eigenvalue weighted by atomic mass is 10.2. The first-order valence-electron chi connectivity index (χ1n) is 6.83. The Labute approximate surface area is 111 Å². The molecule has 0 saturated heterocycles. The Hall–Kier alpha value is -2.16. The van der Waals surface area contributed by atoms with Gasteiger partial charge in [-0.05, 0) is 25.3 Å². The third-order valence-corrected chi connectivity index (χ3v) is 3.81. The second kappa shape index (κ2) is 4.19. The van der Waals surface area contributed by atoms with Crippen molar-refractivity contribution in [3.05, 3.63) is 48.3 Å². The zero-order valence-corrected chi connectivity index (χ0v) is 10.7. The molecule has 1 aromatic carbocycles. The summed E-state index contributed by atoms with van der Waals surface area (Å²) in [6.45, 7) is 1.04. The Morgan fingerprint density at radius 3 is 2.79 bits per heavy atom. The van der Waals surface area contributed by atoms with E-state index in [4.69, 9.17) is 4.98 Å². The first-order valence-corrected chi connectivity index (χ1v) is 6.83. The molecule has 2 aromatic heterocycles. The van der Waals surface area contributed by atoms with E-state index in [9.17, 15) is 0 Å². The standard InChI is InChI=1S/C16H15N3/c1-2-6-12(7-3-1)16-18-14-9-10-17-13-8-4-5-11-19(16)15(13)14/h1-3,6-7,9-10H,4-5,8,11H2. The lowest BCUT2D eigenvalue weighted by Gasteiger charge is -2.07. The van der Waals surface area contributed by atoms with Gasteiger partial charge in [-0.3, -0.25) is 4.98 Å². The predicted molar refractivity (Wildman–Crippen MR) is 75.9 cm³/mol. The molecule has 0 atom stereocenters. The van der Waals surface area contributed by atoms with Crippen molar-refractivity contribution in [2.75, 3.05) is 0 Å². The van der Waals surface area contributed by atoms with Gasteiger partial charge in [0.2, 0.25) is 0 Å². The molecule has 0 N–H and O–H groups in total. The van der Waals surface area contributed by atoms with Crippen LogP contribution in [-0.4, -0.2) is 14.5 Å². The molecule has 0 unspecified atom stereocenters. The second-order valence-electron chi connectivity index (χ2n) is 5.04. The molecule has 0 bridgehead atoms. The quantitative estimate of drug-likeness (QED) is 0.661. The molecule has 0 saturated carbocycles. The number of hydrogen-bond donors (Lipinski definition) is 0. The first-order chi connectivity index (χ1) is 9.43. The maximum Gasteiger partial charge on any atom is 0.141 e. The van der Waals surface area contributed by atoms with Gasteiger partial charge in [-0.2, -0.15) is 0 Å². The van der Waals surface area contributed by atoms with Crippen LogP contribution in [0.5, 0.6) is 0 Å². The van der Waals surface area contributed by atoms with Gasteiger partial charge in [-0.1, -0.05) is 30.3 Å². The van der Waals surface area contributed by atoms with Gasteiger partial charge in [0.1, 0.15) is 5.82 Å². The van der Waals surface area contributed by atoms with Crippen molar-refractivity contribution in [2.45, 2.75) is 25.8 Å². The monoisotopic (exact) mass is 249 g/mol. The number of pyridine rings is 1. The summed E-state index contributed by atoms with van der Waals surface area (Å²) < 4.78 is 2.35. The van der Waals surface area contributed by atoms with E-state index >= 15 is 0 Å². The minimum absolute atomic E-state index is 1.04. The van der Waals surface area contributed by atoms with Crippen molar-refractivity contribution in [3.8, 4) is 11.4 Å². The van der Waals surface area contributed by atoms with Gasteiger partial charge >= 0.3 is 0 Å². The lowest BCUT2D eigenvalue weighted by Crippen LogP contribution is -1.99. The Kier molecular flexibility index (Phi) is 2.37. The average Bonchev–Trinajstić information content (AvgIpc) is 2.69. The van der Waals surface area contributed by atoms with E-state index in [1.54, 1.807) is 0 Å². The van der Waals surface area contributed by atoms with Crippen LogP contribution in [-0.2, 0) is 13.0 Å². The smallest absolute Gasteiger partial charge is 0.141 e. The van der Waals surface area contributed by atoms with E-state index in [1.807, 2.05) is 18.3 Å². The molecule has 0 aliphatic carbocycles. The lowest BCUT2D eigenvalue weighted by molar-refractivity contribution is 0.643. The van der Waals surface area contributed by atoms with Crippen LogP contribution < -0.4 is 0 Å². The van der Waals surface area contributed by atoms with Crippen LogP contribution in [0.25, 0.3) is 22.4 Å². The van der Waals surface area contributed by atoms with Crippen molar-refractivity contribution >= 4 is 11.0 Å². The zero-order valence-electron chi connectivity index (χ0n) is 10.7. The molecular formula is C16H15N3. The zero-order chi connectivity index (χ0) is 12.7. The summed E-state index contributed by atoms with van der Waals surface area (Å²) in [5, 5.41) is 0. The normalized spacial score (nSPS) is 14.5. The molecule has 0 fully saturated rings. The molecule has 4 rings (SSSR count). The summed E-state index contributed by atoms with van der Waals surface area (Å²) in [5.74, 6) is 1.08. The van der Waals surface area contributed by atoms with Crippen molar-refractivity contribution in [3.63, 3.8) is 0 Å². The number of nitrogens with zero attached hydrogens (tertiary/aromatic N) is 3. The van der Waals surface area contributed by atoms with Crippen LogP contribution in [0.2, 0.25) is 0 Å². The van der Waals surface area contributed by atoms with Gasteiger partial charge in [0.25, 0.3) is 0 Å². The molecule has 0 radical (unpaired) electrons. The highest BCUT2D eigenvalue weighted by Crippen LogP contribution is 2.29. The summed E-state index contributed by atoms with van der Waals surface area (Å²) in [5.41, 5.74) is 4.70. The SMILES string of the molecule is c1ccc(-c2nc3ccnc4c3n2CCCC4)cc1. The second-order valence-corrected chi connectivity index (χ2v) is 5.04. The van der Waals surface area contributed by atoms with Gasteiger partial charge in [0.05, 0.1) is 16.7 Å². The van der Waals surface area contributed by atoms with Crippen LogP contribution in [0.15, 0.2) is 42.6 Å². The van der Waals surface area contributed by atoms with E-state index in [1.165, 1.54) is 29.6 Å². The molecule has 1 aliphatic rings. The fourth-order valence-corrected chi connectivity index (χ4v) is 2.92. The third kappa shape index (κ3) is 1.65.